The van der Waals surface area contributed by atoms with Crippen LogP contribution in [0.5, 0.6) is 0 Å². The molecule has 0 unspecified atom stereocenters. The van der Waals surface area contributed by atoms with Crippen molar-refractivity contribution in [2.24, 2.45) is 5.41 Å². The Morgan fingerprint density at radius 1 is 1.18 bits per heavy atom. The van der Waals surface area contributed by atoms with E-state index in [4.69, 9.17) is 10.1 Å². The summed E-state index contributed by atoms with van der Waals surface area (Å²) in [4.78, 5) is 37.7. The minimum absolute atomic E-state index is 0.107. The summed E-state index contributed by atoms with van der Waals surface area (Å²) in [6, 6.07) is 7.57. The number of amides is 1. The number of nitrogens with one attached hydrogen (secondary N) is 2. The molecule has 1 aliphatic heterocycles. The van der Waals surface area contributed by atoms with E-state index < -0.39 is 29.5 Å². The van der Waals surface area contributed by atoms with Crippen LogP contribution >= 0.6 is 11.8 Å². The quantitative estimate of drug-likeness (QED) is 0.125. The molecule has 0 fully saturated rings. The lowest BCUT2D eigenvalue weighted by Crippen LogP contribution is -2.42. The molecule has 7 nitrogen and oxygen atoms in total. The standard InChI is InChI=1S/C30H38N2O5S/c1-19(2)21(4)15-25(37-27(33)13-14-31)26-12-11-23(18-38-26)28(34)32-24(17-30(5,6)29(35)36)16-22-9-7-20(3)8-10-22/h7-11,14,18,24-25,31H,13,15-17H2,1-6H3,(H,32,34)(H,35,36)/t24-,25+/m0/s1. The number of allylic oxidation sites excluding steroid dienone is 1. The SMILES string of the molecule is CC(C)=C(C)C[C@@H](OC(=O)CC=N)C1=C=CC(C(=O)N[C@@H](Cc2ccc(C)cc2)CC(C)(C)C(=O)O)=CS1. The van der Waals surface area contributed by atoms with Crippen molar-refractivity contribution >= 4 is 35.8 Å². The van der Waals surface area contributed by atoms with Crippen LogP contribution in [0.2, 0.25) is 0 Å². The molecule has 1 amide bonds. The number of ether oxygens (including phenoxy) is 1. The summed E-state index contributed by atoms with van der Waals surface area (Å²) in [6.45, 7) is 11.3. The van der Waals surface area contributed by atoms with Crippen molar-refractivity contribution in [3.8, 4) is 0 Å². The number of aliphatic carboxylic acids is 1. The minimum Gasteiger partial charge on any atom is -0.481 e. The Kier molecular flexibility index (Phi) is 11.4. The zero-order valence-electron chi connectivity index (χ0n) is 23.0. The van der Waals surface area contributed by atoms with Gasteiger partial charge in [0.1, 0.15) is 6.10 Å². The van der Waals surface area contributed by atoms with Gasteiger partial charge >= 0.3 is 11.9 Å². The van der Waals surface area contributed by atoms with E-state index in [1.807, 2.05) is 52.0 Å². The van der Waals surface area contributed by atoms with Crippen LogP contribution in [0.25, 0.3) is 0 Å². The van der Waals surface area contributed by atoms with Gasteiger partial charge in [0.05, 0.1) is 22.3 Å². The van der Waals surface area contributed by atoms with Crippen molar-refractivity contribution in [2.45, 2.75) is 79.4 Å². The first kappa shape index (κ1) is 30.9. The lowest BCUT2D eigenvalue weighted by molar-refractivity contribution is -0.148. The lowest BCUT2D eigenvalue weighted by Gasteiger charge is -2.27. The first-order valence-electron chi connectivity index (χ1n) is 12.6. The smallest absolute Gasteiger partial charge is 0.311 e. The zero-order chi connectivity index (χ0) is 28.5. The highest BCUT2D eigenvalue weighted by Crippen LogP contribution is 2.31. The fraction of sp³-hybridized carbons (Fsp3) is 0.433. The molecule has 0 aliphatic carbocycles. The summed E-state index contributed by atoms with van der Waals surface area (Å²) < 4.78 is 5.61. The van der Waals surface area contributed by atoms with Crippen molar-refractivity contribution in [1.29, 1.82) is 5.41 Å². The fourth-order valence-corrected chi connectivity index (χ4v) is 4.59. The highest BCUT2D eigenvalue weighted by Gasteiger charge is 2.32. The molecule has 0 saturated carbocycles. The van der Waals surface area contributed by atoms with E-state index in [9.17, 15) is 19.5 Å². The summed E-state index contributed by atoms with van der Waals surface area (Å²) in [5.74, 6) is -1.73. The molecule has 1 aliphatic rings. The number of thioether (sulfide) groups is 1. The molecule has 2 rings (SSSR count). The molecule has 3 N–H and O–H groups in total. The van der Waals surface area contributed by atoms with Crippen LogP contribution in [0.4, 0.5) is 0 Å². The van der Waals surface area contributed by atoms with Crippen molar-refractivity contribution in [3.63, 3.8) is 0 Å². The highest BCUT2D eigenvalue weighted by molar-refractivity contribution is 8.06. The average molecular weight is 539 g/mol. The molecule has 0 bridgehead atoms. The summed E-state index contributed by atoms with van der Waals surface area (Å²) in [7, 11) is 0. The molecule has 0 radical (unpaired) electrons. The molecule has 38 heavy (non-hydrogen) atoms. The first-order valence-corrected chi connectivity index (χ1v) is 13.4. The molecule has 0 spiro atoms. The second kappa shape index (κ2) is 14.0. The predicted molar refractivity (Wildman–Crippen MR) is 152 cm³/mol. The number of hydrogen-bond acceptors (Lipinski definition) is 6. The second-order valence-corrected chi connectivity index (χ2v) is 11.4. The molecule has 2 atom stereocenters. The number of aryl methyl sites for hydroxylation is 1. The zero-order valence-corrected chi connectivity index (χ0v) is 23.8. The first-order chi connectivity index (χ1) is 17.8. The third-order valence-corrected chi connectivity index (χ3v) is 7.41. The van der Waals surface area contributed by atoms with E-state index in [2.05, 4.69) is 11.0 Å². The van der Waals surface area contributed by atoms with Crippen LogP contribution in [-0.4, -0.2) is 41.3 Å². The molecular formula is C30H38N2O5S. The maximum absolute atomic E-state index is 13.2. The average Bonchev–Trinajstić information content (AvgIpc) is 2.84. The van der Waals surface area contributed by atoms with Gasteiger partial charge < -0.3 is 20.6 Å². The number of carbonyl (C=O) groups excluding carboxylic acids is 2. The number of hydrogen-bond donors (Lipinski definition) is 3. The Labute approximate surface area is 229 Å². The Morgan fingerprint density at radius 3 is 2.37 bits per heavy atom. The Morgan fingerprint density at radius 2 is 1.84 bits per heavy atom. The fourth-order valence-electron chi connectivity index (χ4n) is 3.75. The van der Waals surface area contributed by atoms with Gasteiger partial charge in [-0.1, -0.05) is 52.7 Å². The van der Waals surface area contributed by atoms with Crippen LogP contribution in [0.3, 0.4) is 0 Å². The van der Waals surface area contributed by atoms with E-state index in [0.29, 0.717) is 23.3 Å². The van der Waals surface area contributed by atoms with E-state index in [-0.39, 0.29) is 18.7 Å². The maximum atomic E-state index is 13.2. The second-order valence-electron chi connectivity index (χ2n) is 10.5. The van der Waals surface area contributed by atoms with Gasteiger partial charge in [0, 0.05) is 18.7 Å². The predicted octanol–water partition coefficient (Wildman–Crippen LogP) is 5.89. The van der Waals surface area contributed by atoms with E-state index in [1.54, 1.807) is 25.3 Å². The van der Waals surface area contributed by atoms with Gasteiger partial charge in [0.2, 0.25) is 0 Å². The van der Waals surface area contributed by atoms with Gasteiger partial charge in [-0.3, -0.25) is 14.4 Å². The summed E-state index contributed by atoms with van der Waals surface area (Å²) >= 11 is 1.27. The molecule has 1 aromatic rings. The molecule has 8 heteroatoms. The summed E-state index contributed by atoms with van der Waals surface area (Å²) in [6.07, 6.45) is 3.16. The van der Waals surface area contributed by atoms with Crippen molar-refractivity contribution in [2.75, 3.05) is 0 Å². The topological polar surface area (TPSA) is 117 Å². The van der Waals surface area contributed by atoms with Crippen LogP contribution in [0.1, 0.15) is 65.0 Å². The Bertz CT molecular complexity index is 1180. The lowest BCUT2D eigenvalue weighted by atomic mass is 9.83. The normalized spacial score (nSPS) is 14.5. The number of carbonyl (C=O) groups is 3. The largest absolute Gasteiger partial charge is 0.481 e. The molecule has 1 aromatic carbocycles. The van der Waals surface area contributed by atoms with Crippen LogP contribution in [0, 0.1) is 17.7 Å². The Balaban J connectivity index is 2.23. The van der Waals surface area contributed by atoms with Gasteiger partial charge in [-0.25, -0.2) is 0 Å². The maximum Gasteiger partial charge on any atom is 0.311 e. The number of benzene rings is 1. The summed E-state index contributed by atoms with van der Waals surface area (Å²) in [5.41, 5.74) is 6.83. The molecule has 0 saturated heterocycles. The Hall–Kier alpha value is -3.35. The van der Waals surface area contributed by atoms with Gasteiger partial charge in [-0.05, 0) is 71.4 Å². The number of carboxylic acid groups (broad SMARTS) is 1. The van der Waals surface area contributed by atoms with Gasteiger partial charge in [-0.15, -0.1) is 5.73 Å². The minimum atomic E-state index is -1.02. The monoisotopic (exact) mass is 538 g/mol. The van der Waals surface area contributed by atoms with E-state index >= 15 is 0 Å². The molecule has 204 valence electrons. The van der Waals surface area contributed by atoms with Crippen molar-refractivity contribution < 1.29 is 24.2 Å². The van der Waals surface area contributed by atoms with Gasteiger partial charge in [0.15, 0.2) is 0 Å². The van der Waals surface area contributed by atoms with Gasteiger partial charge in [-0.2, -0.15) is 0 Å². The summed E-state index contributed by atoms with van der Waals surface area (Å²) in [5, 5.41) is 21.5. The van der Waals surface area contributed by atoms with Crippen LogP contribution in [0.15, 0.2) is 63.1 Å². The molecule has 0 aromatic heterocycles. The third kappa shape index (κ3) is 9.51. The number of rotatable bonds is 13. The van der Waals surface area contributed by atoms with Crippen LogP contribution in [-0.2, 0) is 25.5 Å². The molecular weight excluding hydrogens is 500 g/mol. The van der Waals surface area contributed by atoms with Gasteiger partial charge in [0.25, 0.3) is 5.91 Å². The van der Waals surface area contributed by atoms with Crippen molar-refractivity contribution in [3.05, 3.63) is 74.2 Å². The van der Waals surface area contributed by atoms with Crippen molar-refractivity contribution in [1.82, 2.24) is 5.32 Å². The number of carboxylic acids is 1. The van der Waals surface area contributed by atoms with E-state index in [1.165, 1.54) is 11.8 Å². The van der Waals surface area contributed by atoms with E-state index in [0.717, 1.165) is 28.5 Å². The van der Waals surface area contributed by atoms with Crippen LogP contribution < -0.4 is 5.32 Å². The molecule has 1 heterocycles. The highest BCUT2D eigenvalue weighted by atomic mass is 32.2. The third-order valence-electron chi connectivity index (χ3n) is 6.40. The number of esters is 1.